The highest BCUT2D eigenvalue weighted by molar-refractivity contribution is 5.96. The van der Waals surface area contributed by atoms with Crippen LogP contribution in [0.1, 0.15) is 59.3 Å². The third kappa shape index (κ3) is 5.61. The summed E-state index contributed by atoms with van der Waals surface area (Å²) in [6, 6.07) is -0.372. The Morgan fingerprint density at radius 3 is 2.46 bits per heavy atom. The highest BCUT2D eigenvalue weighted by Gasteiger charge is 2.48. The minimum atomic E-state index is -0.997. The molecule has 0 unspecified atom stereocenters. The standard InChI is InChI=1S/C19H31NO6/c1-19(2,3)26-18(23)20-14(10-12-8-6-5-7-9-12)13-11-25-17(22)15(13)16(21)24-4/h12-15H,5-11H2,1-4H3,(H,20,23)/t13-,14-,15-/m0/s1. The molecule has 7 heteroatoms. The summed E-state index contributed by atoms with van der Waals surface area (Å²) < 4.78 is 15.3. The molecule has 7 nitrogen and oxygen atoms in total. The van der Waals surface area contributed by atoms with Crippen molar-refractivity contribution < 1.29 is 28.6 Å². The van der Waals surface area contributed by atoms with Gasteiger partial charge in [0, 0.05) is 12.0 Å². The average molecular weight is 369 g/mol. The number of cyclic esters (lactones) is 1. The maximum absolute atomic E-state index is 12.3. The molecule has 1 saturated heterocycles. The van der Waals surface area contributed by atoms with Crippen LogP contribution in [0.2, 0.25) is 0 Å². The van der Waals surface area contributed by atoms with Crippen molar-refractivity contribution in [1.82, 2.24) is 5.32 Å². The number of ether oxygens (including phenoxy) is 3. The van der Waals surface area contributed by atoms with Gasteiger partial charge >= 0.3 is 18.0 Å². The number of carbonyl (C=O) groups excluding carboxylic acids is 3. The number of carbonyl (C=O) groups is 3. The molecule has 0 aromatic carbocycles. The zero-order chi connectivity index (χ0) is 19.3. The average Bonchev–Trinajstić information content (AvgIpc) is 2.94. The second kappa shape index (κ2) is 8.73. The Kier molecular flexibility index (Phi) is 6.89. The number of alkyl carbamates (subject to hydrolysis) is 1. The van der Waals surface area contributed by atoms with Crippen molar-refractivity contribution in [2.24, 2.45) is 17.8 Å². The van der Waals surface area contributed by atoms with E-state index in [0.717, 1.165) is 12.8 Å². The molecule has 1 heterocycles. The normalized spacial score (nSPS) is 25.3. The van der Waals surface area contributed by atoms with E-state index in [1.807, 2.05) is 0 Å². The summed E-state index contributed by atoms with van der Waals surface area (Å²) in [4.78, 5) is 36.4. The van der Waals surface area contributed by atoms with Crippen molar-refractivity contribution in [1.29, 1.82) is 0 Å². The second-order valence-corrected chi connectivity index (χ2v) is 8.29. The van der Waals surface area contributed by atoms with E-state index in [9.17, 15) is 14.4 Å². The van der Waals surface area contributed by atoms with Crippen LogP contribution in [0, 0.1) is 17.8 Å². The fourth-order valence-electron chi connectivity index (χ4n) is 3.87. The molecule has 0 spiro atoms. The molecule has 148 valence electrons. The highest BCUT2D eigenvalue weighted by atomic mass is 16.6. The minimum Gasteiger partial charge on any atom is -0.468 e. The van der Waals surface area contributed by atoms with Crippen LogP contribution in [0.25, 0.3) is 0 Å². The molecule has 2 aliphatic rings. The van der Waals surface area contributed by atoms with Gasteiger partial charge in [-0.05, 0) is 33.1 Å². The topological polar surface area (TPSA) is 90.9 Å². The van der Waals surface area contributed by atoms with E-state index in [2.05, 4.69) is 5.32 Å². The first-order valence-corrected chi connectivity index (χ1v) is 9.45. The number of nitrogens with one attached hydrogen (secondary N) is 1. The lowest BCUT2D eigenvalue weighted by atomic mass is 9.79. The van der Waals surface area contributed by atoms with Crippen LogP contribution in [0.15, 0.2) is 0 Å². The number of amides is 1. The first kappa shape index (κ1) is 20.5. The van der Waals surface area contributed by atoms with Gasteiger partial charge in [-0.1, -0.05) is 32.1 Å². The van der Waals surface area contributed by atoms with Crippen LogP contribution in [-0.4, -0.2) is 43.4 Å². The van der Waals surface area contributed by atoms with Gasteiger partial charge in [0.1, 0.15) is 5.60 Å². The lowest BCUT2D eigenvalue weighted by molar-refractivity contribution is -0.155. The molecule has 26 heavy (non-hydrogen) atoms. The molecule has 2 fully saturated rings. The molecule has 0 aromatic rings. The first-order chi connectivity index (χ1) is 12.2. The van der Waals surface area contributed by atoms with Gasteiger partial charge in [0.05, 0.1) is 13.7 Å². The van der Waals surface area contributed by atoms with Crippen molar-refractivity contribution in [3.8, 4) is 0 Å². The predicted molar refractivity (Wildman–Crippen MR) is 94.3 cm³/mol. The molecule has 3 atom stereocenters. The summed E-state index contributed by atoms with van der Waals surface area (Å²) in [6.07, 6.45) is 5.92. The molecule has 1 saturated carbocycles. The Labute approximate surface area is 155 Å². The van der Waals surface area contributed by atoms with Crippen molar-refractivity contribution in [3.63, 3.8) is 0 Å². The van der Waals surface area contributed by atoms with E-state index in [4.69, 9.17) is 14.2 Å². The fraction of sp³-hybridized carbons (Fsp3) is 0.842. The zero-order valence-corrected chi connectivity index (χ0v) is 16.2. The summed E-state index contributed by atoms with van der Waals surface area (Å²) in [6.45, 7) is 5.48. The van der Waals surface area contributed by atoms with Crippen LogP contribution in [-0.2, 0) is 23.8 Å². The number of hydrogen-bond acceptors (Lipinski definition) is 6. The lowest BCUT2D eigenvalue weighted by Crippen LogP contribution is -2.47. The van der Waals surface area contributed by atoms with Crippen LogP contribution in [0.4, 0.5) is 4.79 Å². The summed E-state index contributed by atoms with van der Waals surface area (Å²) in [7, 11) is 1.25. The maximum atomic E-state index is 12.3. The molecule has 1 aliphatic heterocycles. The van der Waals surface area contributed by atoms with Gasteiger partial charge in [0.15, 0.2) is 5.92 Å². The van der Waals surface area contributed by atoms with Gasteiger partial charge in [-0.25, -0.2) is 4.79 Å². The number of methoxy groups -OCH3 is 1. The van der Waals surface area contributed by atoms with Crippen LogP contribution < -0.4 is 5.32 Å². The summed E-state index contributed by atoms with van der Waals surface area (Å²) in [5, 5.41) is 2.89. The quantitative estimate of drug-likeness (QED) is 0.455. The fourth-order valence-corrected chi connectivity index (χ4v) is 3.87. The molecule has 0 bridgehead atoms. The molecular weight excluding hydrogens is 338 g/mol. The van der Waals surface area contributed by atoms with Gasteiger partial charge < -0.3 is 19.5 Å². The van der Waals surface area contributed by atoms with Gasteiger partial charge in [0.2, 0.25) is 0 Å². The van der Waals surface area contributed by atoms with Crippen molar-refractivity contribution >= 4 is 18.0 Å². The molecule has 0 aromatic heterocycles. The summed E-state index contributed by atoms with van der Waals surface area (Å²) in [5.41, 5.74) is -0.622. The number of esters is 2. The van der Waals surface area contributed by atoms with E-state index < -0.39 is 35.5 Å². The Morgan fingerprint density at radius 1 is 1.23 bits per heavy atom. The van der Waals surface area contributed by atoms with Crippen LogP contribution in [0.3, 0.4) is 0 Å². The lowest BCUT2D eigenvalue weighted by Gasteiger charge is -2.32. The Bertz CT molecular complexity index is 521. The SMILES string of the molecule is COC(=O)[C@H]1C(=O)OC[C@H]1[C@H](CC1CCCCC1)NC(=O)OC(C)(C)C. The number of hydrogen-bond donors (Lipinski definition) is 1. The van der Waals surface area contributed by atoms with Crippen molar-refractivity contribution in [2.75, 3.05) is 13.7 Å². The van der Waals surface area contributed by atoms with E-state index in [1.165, 1.54) is 26.4 Å². The Hall–Kier alpha value is -1.79. The maximum Gasteiger partial charge on any atom is 0.407 e. The van der Waals surface area contributed by atoms with E-state index in [0.29, 0.717) is 12.3 Å². The van der Waals surface area contributed by atoms with Gasteiger partial charge in [0.25, 0.3) is 0 Å². The van der Waals surface area contributed by atoms with E-state index in [1.54, 1.807) is 20.8 Å². The highest BCUT2D eigenvalue weighted by Crippen LogP contribution is 2.34. The molecule has 1 amide bonds. The largest absolute Gasteiger partial charge is 0.468 e. The second-order valence-electron chi connectivity index (χ2n) is 8.29. The minimum absolute atomic E-state index is 0.103. The summed E-state index contributed by atoms with van der Waals surface area (Å²) >= 11 is 0. The van der Waals surface area contributed by atoms with Crippen LogP contribution in [0.5, 0.6) is 0 Å². The van der Waals surface area contributed by atoms with Crippen LogP contribution >= 0.6 is 0 Å². The smallest absolute Gasteiger partial charge is 0.407 e. The molecular formula is C19H31NO6. The Morgan fingerprint density at radius 2 is 1.88 bits per heavy atom. The molecule has 1 aliphatic carbocycles. The monoisotopic (exact) mass is 369 g/mol. The molecule has 0 radical (unpaired) electrons. The predicted octanol–water partition coefficient (Wildman–Crippen LogP) is 2.81. The molecule has 1 N–H and O–H groups in total. The first-order valence-electron chi connectivity index (χ1n) is 9.45. The van der Waals surface area contributed by atoms with Gasteiger partial charge in [-0.3, -0.25) is 9.59 Å². The van der Waals surface area contributed by atoms with E-state index >= 15 is 0 Å². The molecule has 2 rings (SSSR count). The third-order valence-electron chi connectivity index (χ3n) is 5.09. The summed E-state index contributed by atoms with van der Waals surface area (Å²) in [5.74, 6) is -2.18. The number of rotatable bonds is 5. The zero-order valence-electron chi connectivity index (χ0n) is 16.2. The van der Waals surface area contributed by atoms with Gasteiger partial charge in [-0.15, -0.1) is 0 Å². The van der Waals surface area contributed by atoms with E-state index in [-0.39, 0.29) is 12.6 Å². The Balaban J connectivity index is 2.14. The van der Waals surface area contributed by atoms with Crippen molar-refractivity contribution in [3.05, 3.63) is 0 Å². The third-order valence-corrected chi connectivity index (χ3v) is 5.09. The van der Waals surface area contributed by atoms with Crippen molar-refractivity contribution in [2.45, 2.75) is 70.9 Å². The van der Waals surface area contributed by atoms with Gasteiger partial charge in [-0.2, -0.15) is 0 Å².